The molecule has 0 heterocycles. The number of aliphatic imine (C=N–C) groups is 1. The Kier molecular flexibility index (Phi) is 8.99. The fourth-order valence-electron chi connectivity index (χ4n) is 2.33. The Morgan fingerprint density at radius 1 is 1.16 bits per heavy atom. The average Bonchev–Trinajstić information content (AvgIpc) is 2.58. The Morgan fingerprint density at radius 3 is 2.40 bits per heavy atom. The van der Waals surface area contributed by atoms with Crippen LogP contribution in [0.15, 0.2) is 35.3 Å². The molecule has 140 valence electrons. The summed E-state index contributed by atoms with van der Waals surface area (Å²) in [7, 11) is 3.43. The van der Waals surface area contributed by atoms with E-state index in [4.69, 9.17) is 4.74 Å². The van der Waals surface area contributed by atoms with Crippen molar-refractivity contribution in [1.82, 2.24) is 16.0 Å². The lowest BCUT2D eigenvalue weighted by atomic mass is 9.89. The monoisotopic (exact) mass is 348 g/mol. The number of nitrogens with zero attached hydrogens (tertiary/aromatic N) is 1. The summed E-state index contributed by atoms with van der Waals surface area (Å²) in [5.41, 5.74) is 1.13. The first-order valence-electron chi connectivity index (χ1n) is 8.64. The van der Waals surface area contributed by atoms with Crippen LogP contribution in [0.25, 0.3) is 0 Å². The molecule has 1 aromatic rings. The maximum Gasteiger partial charge on any atom is 0.222 e. The van der Waals surface area contributed by atoms with E-state index in [-0.39, 0.29) is 17.4 Å². The Morgan fingerprint density at radius 2 is 1.84 bits per heavy atom. The maximum atomic E-state index is 11.9. The SMILES string of the molecule is CN=C(NCCC(=O)NCc1ccccc1)NCC(OC)C(C)(C)C. The molecule has 0 radical (unpaired) electrons. The van der Waals surface area contributed by atoms with Crippen molar-refractivity contribution in [2.24, 2.45) is 10.4 Å². The summed E-state index contributed by atoms with van der Waals surface area (Å²) in [6, 6.07) is 9.87. The molecule has 0 saturated heterocycles. The first-order chi connectivity index (χ1) is 11.9. The minimum atomic E-state index is 0.0104. The van der Waals surface area contributed by atoms with E-state index in [2.05, 4.69) is 41.7 Å². The highest BCUT2D eigenvalue weighted by Gasteiger charge is 2.24. The summed E-state index contributed by atoms with van der Waals surface area (Å²) in [6.45, 7) is 8.13. The molecule has 1 amide bonds. The molecule has 6 nitrogen and oxygen atoms in total. The van der Waals surface area contributed by atoms with Crippen LogP contribution in [-0.4, -0.2) is 45.2 Å². The largest absolute Gasteiger partial charge is 0.379 e. The van der Waals surface area contributed by atoms with E-state index in [1.807, 2.05) is 30.3 Å². The number of hydrogen-bond donors (Lipinski definition) is 3. The lowest BCUT2D eigenvalue weighted by Gasteiger charge is -2.30. The van der Waals surface area contributed by atoms with Crippen LogP contribution >= 0.6 is 0 Å². The zero-order valence-electron chi connectivity index (χ0n) is 16.1. The number of ether oxygens (including phenoxy) is 1. The van der Waals surface area contributed by atoms with E-state index >= 15 is 0 Å². The smallest absolute Gasteiger partial charge is 0.222 e. The van der Waals surface area contributed by atoms with Gasteiger partial charge in [-0.25, -0.2) is 0 Å². The summed E-state index contributed by atoms with van der Waals surface area (Å²) in [6.07, 6.45) is 0.459. The fraction of sp³-hybridized carbons (Fsp3) is 0.579. The molecule has 0 aliphatic heterocycles. The number of amides is 1. The molecule has 0 bridgehead atoms. The zero-order chi connectivity index (χ0) is 18.7. The number of benzene rings is 1. The predicted molar refractivity (Wildman–Crippen MR) is 103 cm³/mol. The van der Waals surface area contributed by atoms with E-state index in [1.165, 1.54) is 0 Å². The third kappa shape index (κ3) is 8.54. The van der Waals surface area contributed by atoms with Gasteiger partial charge in [-0.05, 0) is 11.0 Å². The van der Waals surface area contributed by atoms with E-state index < -0.39 is 0 Å². The molecule has 25 heavy (non-hydrogen) atoms. The summed E-state index contributed by atoms with van der Waals surface area (Å²) in [5, 5.41) is 9.30. The Labute approximate surface area is 151 Å². The first-order valence-corrected chi connectivity index (χ1v) is 8.64. The minimum absolute atomic E-state index is 0.0104. The standard InChI is InChI=1S/C19H32N4O2/c1-19(2,3)16(25-5)14-23-18(20-4)21-12-11-17(24)22-13-15-9-7-6-8-10-15/h6-10,16H,11-14H2,1-5H3,(H,22,24)(H2,20,21,23). The van der Waals surface area contributed by atoms with Crippen molar-refractivity contribution < 1.29 is 9.53 Å². The molecule has 6 heteroatoms. The van der Waals surface area contributed by atoms with Gasteiger partial charge in [-0.3, -0.25) is 9.79 Å². The summed E-state index contributed by atoms with van der Waals surface area (Å²) < 4.78 is 5.52. The zero-order valence-corrected chi connectivity index (χ0v) is 16.1. The second-order valence-corrected chi connectivity index (χ2v) is 6.98. The normalized spacial score (nSPS) is 13.2. The number of nitrogens with one attached hydrogen (secondary N) is 3. The second-order valence-electron chi connectivity index (χ2n) is 6.98. The van der Waals surface area contributed by atoms with Crippen LogP contribution in [0.4, 0.5) is 0 Å². The number of guanidine groups is 1. The molecule has 1 rings (SSSR count). The van der Waals surface area contributed by atoms with Gasteiger partial charge in [-0.15, -0.1) is 0 Å². The van der Waals surface area contributed by atoms with Crippen LogP contribution in [0.2, 0.25) is 0 Å². The third-order valence-electron chi connectivity index (χ3n) is 3.91. The fourth-order valence-corrected chi connectivity index (χ4v) is 2.33. The van der Waals surface area contributed by atoms with Gasteiger partial charge < -0.3 is 20.7 Å². The predicted octanol–water partition coefficient (Wildman–Crippen LogP) is 1.92. The van der Waals surface area contributed by atoms with Crippen LogP contribution in [0.3, 0.4) is 0 Å². The van der Waals surface area contributed by atoms with Crippen molar-refractivity contribution in [2.45, 2.75) is 39.8 Å². The average molecular weight is 348 g/mol. The molecular weight excluding hydrogens is 316 g/mol. The molecule has 1 unspecified atom stereocenters. The highest BCUT2D eigenvalue weighted by atomic mass is 16.5. The first kappa shape index (κ1) is 21.0. The van der Waals surface area contributed by atoms with Crippen LogP contribution in [-0.2, 0) is 16.1 Å². The van der Waals surface area contributed by atoms with Crippen LogP contribution in [0.5, 0.6) is 0 Å². The molecule has 0 aliphatic rings. The Balaban J connectivity index is 2.27. The molecule has 1 aromatic carbocycles. The number of carbonyl (C=O) groups is 1. The topological polar surface area (TPSA) is 74.8 Å². The van der Waals surface area contributed by atoms with E-state index in [0.29, 0.717) is 32.0 Å². The van der Waals surface area contributed by atoms with E-state index in [1.54, 1.807) is 14.2 Å². The Bertz CT molecular complexity index is 538. The van der Waals surface area contributed by atoms with Gasteiger partial charge in [-0.2, -0.15) is 0 Å². The van der Waals surface area contributed by atoms with Crippen molar-refractivity contribution in [3.05, 3.63) is 35.9 Å². The summed E-state index contributed by atoms with van der Waals surface area (Å²) in [4.78, 5) is 16.1. The molecule has 0 aromatic heterocycles. The van der Waals surface area contributed by atoms with Gasteiger partial charge in [0.05, 0.1) is 6.10 Å². The molecule has 0 fully saturated rings. The van der Waals surface area contributed by atoms with Gasteiger partial charge in [0.25, 0.3) is 0 Å². The van der Waals surface area contributed by atoms with Crippen molar-refractivity contribution >= 4 is 11.9 Å². The highest BCUT2D eigenvalue weighted by molar-refractivity contribution is 5.81. The van der Waals surface area contributed by atoms with Gasteiger partial charge in [0.15, 0.2) is 5.96 Å². The van der Waals surface area contributed by atoms with Crippen LogP contribution in [0.1, 0.15) is 32.8 Å². The lowest BCUT2D eigenvalue weighted by Crippen LogP contribution is -2.45. The van der Waals surface area contributed by atoms with Gasteiger partial charge in [0.1, 0.15) is 0 Å². The van der Waals surface area contributed by atoms with Gasteiger partial charge in [0.2, 0.25) is 5.91 Å². The van der Waals surface area contributed by atoms with Crippen molar-refractivity contribution in [2.75, 3.05) is 27.2 Å². The highest BCUT2D eigenvalue weighted by Crippen LogP contribution is 2.20. The van der Waals surface area contributed by atoms with Gasteiger partial charge in [-0.1, -0.05) is 51.1 Å². The quantitative estimate of drug-likeness (QED) is 0.496. The van der Waals surface area contributed by atoms with Gasteiger partial charge >= 0.3 is 0 Å². The minimum Gasteiger partial charge on any atom is -0.379 e. The number of hydrogen-bond acceptors (Lipinski definition) is 3. The molecule has 3 N–H and O–H groups in total. The lowest BCUT2D eigenvalue weighted by molar-refractivity contribution is -0.121. The van der Waals surface area contributed by atoms with E-state index in [9.17, 15) is 4.79 Å². The second kappa shape index (κ2) is 10.7. The van der Waals surface area contributed by atoms with Crippen molar-refractivity contribution in [3.8, 4) is 0 Å². The molecule has 1 atom stereocenters. The molecule has 0 aliphatic carbocycles. The Hall–Kier alpha value is -2.08. The number of rotatable bonds is 8. The maximum absolute atomic E-state index is 11.9. The van der Waals surface area contributed by atoms with Crippen LogP contribution < -0.4 is 16.0 Å². The molecule has 0 spiro atoms. The summed E-state index contributed by atoms with van der Waals surface area (Å²) in [5.74, 6) is 0.679. The third-order valence-corrected chi connectivity index (χ3v) is 3.91. The summed E-state index contributed by atoms with van der Waals surface area (Å²) >= 11 is 0. The van der Waals surface area contributed by atoms with Crippen molar-refractivity contribution in [3.63, 3.8) is 0 Å². The van der Waals surface area contributed by atoms with E-state index in [0.717, 1.165) is 5.56 Å². The number of carbonyl (C=O) groups excluding carboxylic acids is 1. The van der Waals surface area contributed by atoms with Gasteiger partial charge in [0, 0.05) is 40.2 Å². The molecule has 0 saturated carbocycles. The van der Waals surface area contributed by atoms with Crippen molar-refractivity contribution in [1.29, 1.82) is 0 Å². The molecular formula is C19H32N4O2. The number of methoxy groups -OCH3 is 1. The van der Waals surface area contributed by atoms with Crippen LogP contribution in [0, 0.1) is 5.41 Å².